The molecule has 178 valence electrons. The molecule has 1 aromatic carbocycles. The fourth-order valence-electron chi connectivity index (χ4n) is 6.27. The molecule has 3 aliphatic heterocycles. The van der Waals surface area contributed by atoms with Crippen LogP contribution in [-0.4, -0.2) is 67.7 Å². The van der Waals surface area contributed by atoms with Gasteiger partial charge in [-0.3, -0.25) is 4.90 Å². The van der Waals surface area contributed by atoms with E-state index in [0.717, 1.165) is 63.7 Å². The first-order valence-corrected chi connectivity index (χ1v) is 13.3. The Bertz CT molecular complexity index is 956. The van der Waals surface area contributed by atoms with E-state index in [1.807, 2.05) is 0 Å². The number of ether oxygens (including phenoxy) is 1. The van der Waals surface area contributed by atoms with Crippen molar-refractivity contribution in [3.63, 3.8) is 0 Å². The van der Waals surface area contributed by atoms with Crippen molar-refractivity contribution in [2.75, 3.05) is 32.8 Å². The Balaban J connectivity index is 1.21. The first kappa shape index (κ1) is 22.7. The van der Waals surface area contributed by atoms with E-state index < -0.39 is 33.8 Å². The van der Waals surface area contributed by atoms with Crippen LogP contribution in [0.25, 0.3) is 0 Å². The summed E-state index contributed by atoms with van der Waals surface area (Å²) in [5, 5.41) is -0.194. The highest BCUT2D eigenvalue weighted by Crippen LogP contribution is 2.44. The number of nitrogens with zero attached hydrogens (tertiary/aromatic N) is 2. The molecule has 5 rings (SSSR count). The zero-order chi connectivity index (χ0) is 22.5. The van der Waals surface area contributed by atoms with Crippen molar-refractivity contribution in [3.05, 3.63) is 35.4 Å². The summed E-state index contributed by atoms with van der Waals surface area (Å²) in [5.74, 6) is -1.00. The zero-order valence-electron chi connectivity index (χ0n) is 18.4. The number of halogens is 2. The maximum atomic E-state index is 14.2. The molecule has 2 N–H and O–H groups in total. The number of hydrogen-bond acceptors (Lipinski definition) is 5. The predicted octanol–water partition coefficient (Wildman–Crippen LogP) is 2.79. The van der Waals surface area contributed by atoms with Crippen molar-refractivity contribution in [1.29, 1.82) is 0 Å². The van der Waals surface area contributed by atoms with Crippen molar-refractivity contribution in [3.8, 4) is 0 Å². The second kappa shape index (κ2) is 8.58. The molecule has 0 bridgehead atoms. The van der Waals surface area contributed by atoms with E-state index in [1.54, 1.807) is 4.31 Å². The molecule has 4 fully saturated rings. The fraction of sp³-hybridized carbons (Fsp3) is 0.739. The van der Waals surface area contributed by atoms with E-state index in [1.165, 1.54) is 6.07 Å². The molecule has 1 saturated carbocycles. The lowest BCUT2D eigenvalue weighted by Crippen LogP contribution is -2.49. The molecule has 1 aromatic rings. The Labute approximate surface area is 189 Å². The molecule has 0 aromatic heterocycles. The maximum Gasteiger partial charge on any atom is 0.216 e. The standard InChI is InChI=1S/C23H33F2N3O3S/c24-16-5-6-20(25)19(11-16)22-21(26)12-17(13-31-22)27-9-7-23(14-27)8-10-28(15-23)32(29,30)18-3-1-2-4-18/h5-6,11,17-18,21-22H,1-4,7-10,12-15,26H2/t17-,21+,22-,23?/m1/s1. The lowest BCUT2D eigenvalue weighted by molar-refractivity contribution is -0.0488. The average Bonchev–Trinajstić information content (AvgIpc) is 3.52. The minimum Gasteiger partial charge on any atom is -0.370 e. The smallest absolute Gasteiger partial charge is 0.216 e. The summed E-state index contributed by atoms with van der Waals surface area (Å²) in [5.41, 5.74) is 6.53. The van der Waals surface area contributed by atoms with Gasteiger partial charge in [0, 0.05) is 37.3 Å². The molecule has 0 radical (unpaired) electrons. The first-order chi connectivity index (χ1) is 15.3. The minimum absolute atomic E-state index is 0.00127. The van der Waals surface area contributed by atoms with Gasteiger partial charge >= 0.3 is 0 Å². The van der Waals surface area contributed by atoms with Gasteiger partial charge in [0.15, 0.2) is 0 Å². The highest BCUT2D eigenvalue weighted by Gasteiger charge is 2.50. The number of hydrogen-bond donors (Lipinski definition) is 1. The number of nitrogens with two attached hydrogens (primary N) is 1. The number of likely N-dealkylation sites (tertiary alicyclic amines) is 1. The Hall–Kier alpha value is -1.13. The summed E-state index contributed by atoms with van der Waals surface area (Å²) >= 11 is 0. The first-order valence-electron chi connectivity index (χ1n) is 11.8. The van der Waals surface area contributed by atoms with Gasteiger partial charge in [-0.15, -0.1) is 0 Å². The summed E-state index contributed by atoms with van der Waals surface area (Å²) in [7, 11) is -3.19. The van der Waals surface area contributed by atoms with Crippen molar-refractivity contribution in [2.45, 2.75) is 68.4 Å². The molecule has 3 heterocycles. The molecular weight excluding hydrogens is 436 g/mol. The Kier molecular flexibility index (Phi) is 6.07. The quantitative estimate of drug-likeness (QED) is 0.734. The van der Waals surface area contributed by atoms with Gasteiger partial charge < -0.3 is 10.5 Å². The molecule has 4 atom stereocenters. The normalized spacial score (nSPS) is 35.3. The molecule has 1 unspecified atom stereocenters. The lowest BCUT2D eigenvalue weighted by atomic mass is 9.86. The summed E-state index contributed by atoms with van der Waals surface area (Å²) in [6, 6.07) is 3.06. The van der Waals surface area contributed by atoms with Gasteiger partial charge in [0.05, 0.1) is 11.9 Å². The van der Waals surface area contributed by atoms with Crippen LogP contribution in [0.3, 0.4) is 0 Å². The minimum atomic E-state index is -3.19. The van der Waals surface area contributed by atoms with Gasteiger partial charge in [0.25, 0.3) is 0 Å². The highest BCUT2D eigenvalue weighted by molar-refractivity contribution is 7.89. The van der Waals surface area contributed by atoms with Crippen molar-refractivity contribution in [2.24, 2.45) is 11.1 Å². The van der Waals surface area contributed by atoms with E-state index in [4.69, 9.17) is 10.5 Å². The van der Waals surface area contributed by atoms with Crippen LogP contribution in [0.1, 0.15) is 56.6 Å². The molecular formula is C23H33F2N3O3S. The number of benzene rings is 1. The van der Waals surface area contributed by atoms with Crippen molar-refractivity contribution >= 4 is 10.0 Å². The number of rotatable bonds is 4. The third kappa shape index (κ3) is 4.11. The summed E-state index contributed by atoms with van der Waals surface area (Å²) in [6.45, 7) is 3.36. The summed E-state index contributed by atoms with van der Waals surface area (Å²) in [4.78, 5) is 2.36. The lowest BCUT2D eigenvalue weighted by Gasteiger charge is -2.39. The van der Waals surface area contributed by atoms with Gasteiger partial charge in [-0.2, -0.15) is 0 Å². The maximum absolute atomic E-state index is 14.2. The van der Waals surface area contributed by atoms with Crippen LogP contribution in [0.15, 0.2) is 18.2 Å². The van der Waals surface area contributed by atoms with Crippen molar-refractivity contribution in [1.82, 2.24) is 9.21 Å². The highest BCUT2D eigenvalue weighted by atomic mass is 32.2. The van der Waals surface area contributed by atoms with Crippen LogP contribution in [0.4, 0.5) is 8.78 Å². The second-order valence-corrected chi connectivity index (χ2v) is 12.4. The van der Waals surface area contributed by atoms with E-state index in [0.29, 0.717) is 26.1 Å². The Morgan fingerprint density at radius 3 is 2.59 bits per heavy atom. The molecule has 4 aliphatic rings. The van der Waals surface area contributed by atoms with Crippen LogP contribution >= 0.6 is 0 Å². The van der Waals surface area contributed by atoms with Gasteiger partial charge in [-0.1, -0.05) is 12.8 Å². The molecule has 6 nitrogen and oxygen atoms in total. The fourth-order valence-corrected chi connectivity index (χ4v) is 8.42. The van der Waals surface area contributed by atoms with Gasteiger partial charge in [0.1, 0.15) is 17.7 Å². The van der Waals surface area contributed by atoms with Crippen LogP contribution in [0, 0.1) is 17.0 Å². The third-order valence-electron chi connectivity index (χ3n) is 8.14. The van der Waals surface area contributed by atoms with Crippen LogP contribution in [-0.2, 0) is 14.8 Å². The second-order valence-electron chi connectivity index (χ2n) is 10.2. The largest absolute Gasteiger partial charge is 0.370 e. The molecule has 0 amide bonds. The molecule has 3 saturated heterocycles. The Morgan fingerprint density at radius 1 is 1.09 bits per heavy atom. The van der Waals surface area contributed by atoms with E-state index >= 15 is 0 Å². The van der Waals surface area contributed by atoms with E-state index in [2.05, 4.69) is 4.90 Å². The molecule has 1 aliphatic carbocycles. The predicted molar refractivity (Wildman–Crippen MR) is 117 cm³/mol. The van der Waals surface area contributed by atoms with Crippen LogP contribution in [0.5, 0.6) is 0 Å². The van der Waals surface area contributed by atoms with Crippen molar-refractivity contribution < 1.29 is 21.9 Å². The summed E-state index contributed by atoms with van der Waals surface area (Å²) in [6.07, 6.45) is 5.46. The van der Waals surface area contributed by atoms with Crippen LogP contribution in [0.2, 0.25) is 0 Å². The van der Waals surface area contributed by atoms with Gasteiger partial charge in [-0.05, 0) is 62.3 Å². The average molecular weight is 470 g/mol. The summed E-state index contributed by atoms with van der Waals surface area (Å²) < 4.78 is 61.6. The molecule has 9 heteroatoms. The van der Waals surface area contributed by atoms with Gasteiger partial charge in [0.2, 0.25) is 10.0 Å². The van der Waals surface area contributed by atoms with Gasteiger partial charge in [-0.25, -0.2) is 21.5 Å². The van der Waals surface area contributed by atoms with Crippen LogP contribution < -0.4 is 5.73 Å². The molecule has 1 spiro atoms. The van der Waals surface area contributed by atoms with E-state index in [-0.39, 0.29) is 22.3 Å². The van der Waals surface area contributed by atoms with E-state index in [9.17, 15) is 17.2 Å². The molecule has 32 heavy (non-hydrogen) atoms. The Morgan fingerprint density at radius 2 is 1.84 bits per heavy atom. The SMILES string of the molecule is N[C@H]1C[C@@H](N2CCC3(CCN(S(=O)(=O)C4CCCC4)C3)C2)CO[C@@H]1c1cc(F)ccc1F. The number of sulfonamides is 1. The zero-order valence-corrected chi connectivity index (χ0v) is 19.2. The monoisotopic (exact) mass is 469 g/mol. The third-order valence-corrected chi connectivity index (χ3v) is 10.5. The topological polar surface area (TPSA) is 75.9 Å².